The third-order valence-electron chi connectivity index (χ3n) is 5.00. The first kappa shape index (κ1) is 16.0. The third kappa shape index (κ3) is 3.22. The molecule has 1 aromatic carbocycles. The Hall–Kier alpha value is -2.47. The smallest absolute Gasteiger partial charge is 0.277 e. The molecule has 25 heavy (non-hydrogen) atoms. The molecule has 6 nitrogen and oxygen atoms in total. The number of benzene rings is 1. The molecule has 0 aliphatic carbocycles. The van der Waals surface area contributed by atoms with Crippen LogP contribution in [0.5, 0.6) is 0 Å². The van der Waals surface area contributed by atoms with Crippen molar-refractivity contribution in [2.24, 2.45) is 0 Å². The van der Waals surface area contributed by atoms with Crippen molar-refractivity contribution in [3.8, 4) is 0 Å². The van der Waals surface area contributed by atoms with Gasteiger partial charge in [0.2, 0.25) is 5.95 Å². The summed E-state index contributed by atoms with van der Waals surface area (Å²) in [5.41, 5.74) is 2.72. The molecule has 6 heteroatoms. The second kappa shape index (κ2) is 6.80. The van der Waals surface area contributed by atoms with Gasteiger partial charge in [-0.15, -0.1) is 0 Å². The lowest BCUT2D eigenvalue weighted by Crippen LogP contribution is -2.45. The monoisotopic (exact) mass is 337 g/mol. The number of carbonyl (C=O) groups excluding carboxylic acids is 1. The highest BCUT2D eigenvalue weighted by atomic mass is 16.2. The van der Waals surface area contributed by atoms with E-state index in [4.69, 9.17) is 0 Å². The number of aryl methyl sites for hydroxylation is 1. The number of aromatic nitrogens is 2. The third-order valence-corrected chi connectivity index (χ3v) is 5.00. The van der Waals surface area contributed by atoms with E-state index in [0.717, 1.165) is 51.3 Å². The summed E-state index contributed by atoms with van der Waals surface area (Å²) >= 11 is 0. The van der Waals surface area contributed by atoms with Crippen LogP contribution in [0.4, 0.5) is 11.6 Å². The van der Waals surface area contributed by atoms with Gasteiger partial charge in [0, 0.05) is 44.6 Å². The van der Waals surface area contributed by atoms with E-state index < -0.39 is 0 Å². The molecule has 3 heterocycles. The minimum Gasteiger partial charge on any atom is -0.338 e. The molecule has 0 radical (unpaired) electrons. The molecular formula is C19H23N5O. The molecule has 0 saturated carbocycles. The van der Waals surface area contributed by atoms with Gasteiger partial charge in [0.25, 0.3) is 5.91 Å². The summed E-state index contributed by atoms with van der Waals surface area (Å²) in [5.74, 6) is 0.620. The lowest BCUT2D eigenvalue weighted by molar-refractivity contribution is 0.0980. The van der Waals surface area contributed by atoms with E-state index >= 15 is 0 Å². The Morgan fingerprint density at radius 3 is 2.68 bits per heavy atom. The van der Waals surface area contributed by atoms with Gasteiger partial charge in [-0.25, -0.2) is 9.97 Å². The molecule has 0 spiro atoms. The molecule has 0 atom stereocenters. The van der Waals surface area contributed by atoms with E-state index in [-0.39, 0.29) is 5.91 Å². The number of amides is 1. The predicted molar refractivity (Wildman–Crippen MR) is 98.2 cm³/mol. The van der Waals surface area contributed by atoms with Crippen molar-refractivity contribution in [2.45, 2.75) is 12.8 Å². The minimum absolute atomic E-state index is 0.0371. The second-order valence-electron chi connectivity index (χ2n) is 6.72. The molecule has 130 valence electrons. The number of anilines is 2. The lowest BCUT2D eigenvalue weighted by atomic mass is 10.0. The Balaban J connectivity index is 1.58. The number of nitrogens with zero attached hydrogens (tertiary/aromatic N) is 5. The van der Waals surface area contributed by atoms with Crippen molar-refractivity contribution in [3.05, 3.63) is 47.8 Å². The highest BCUT2D eigenvalue weighted by Gasteiger charge is 2.25. The molecule has 1 fully saturated rings. The topological polar surface area (TPSA) is 52.6 Å². The summed E-state index contributed by atoms with van der Waals surface area (Å²) in [6, 6.07) is 9.86. The van der Waals surface area contributed by atoms with Crippen LogP contribution in [0, 0.1) is 0 Å². The second-order valence-corrected chi connectivity index (χ2v) is 6.72. The largest absolute Gasteiger partial charge is 0.338 e. The van der Waals surface area contributed by atoms with Crippen LogP contribution in [0.1, 0.15) is 22.5 Å². The normalized spacial score (nSPS) is 18.1. The molecule has 0 unspecified atom stereocenters. The number of likely N-dealkylation sites (N-methyl/N-ethyl adjacent to an activating group) is 1. The molecule has 2 aliphatic rings. The summed E-state index contributed by atoms with van der Waals surface area (Å²) in [4.78, 5) is 28.3. The zero-order valence-electron chi connectivity index (χ0n) is 14.6. The first-order valence-corrected chi connectivity index (χ1v) is 8.89. The number of hydrogen-bond donors (Lipinski definition) is 0. The maximum absolute atomic E-state index is 13.1. The molecule has 1 saturated heterocycles. The highest BCUT2D eigenvalue weighted by Crippen LogP contribution is 2.28. The van der Waals surface area contributed by atoms with Crippen molar-refractivity contribution in [2.75, 3.05) is 49.6 Å². The fraction of sp³-hybridized carbons (Fsp3) is 0.421. The summed E-state index contributed by atoms with van der Waals surface area (Å²) in [6.07, 6.45) is 3.71. The first-order chi connectivity index (χ1) is 12.2. The van der Waals surface area contributed by atoms with E-state index in [1.54, 1.807) is 12.3 Å². The lowest BCUT2D eigenvalue weighted by Gasteiger charge is -2.32. The van der Waals surface area contributed by atoms with Gasteiger partial charge in [-0.3, -0.25) is 4.79 Å². The Morgan fingerprint density at radius 2 is 1.84 bits per heavy atom. The van der Waals surface area contributed by atoms with Crippen LogP contribution in [0.2, 0.25) is 0 Å². The van der Waals surface area contributed by atoms with Crippen molar-refractivity contribution in [1.82, 2.24) is 14.9 Å². The van der Waals surface area contributed by atoms with Crippen LogP contribution in [0.3, 0.4) is 0 Å². The van der Waals surface area contributed by atoms with Gasteiger partial charge in [-0.1, -0.05) is 18.2 Å². The zero-order valence-corrected chi connectivity index (χ0v) is 14.6. The molecular weight excluding hydrogens is 314 g/mol. The van der Waals surface area contributed by atoms with Crippen LogP contribution in [-0.4, -0.2) is 60.5 Å². The Kier molecular flexibility index (Phi) is 4.36. The van der Waals surface area contributed by atoms with Crippen LogP contribution < -0.4 is 9.80 Å². The average Bonchev–Trinajstić information content (AvgIpc) is 2.68. The van der Waals surface area contributed by atoms with Crippen molar-refractivity contribution < 1.29 is 4.79 Å². The molecule has 1 amide bonds. The number of carbonyl (C=O) groups is 1. The standard InChI is InChI=1S/C19H23N5O/c1-22-11-13-23(14-12-22)19-20-9-8-16(21-19)18(25)24-10-4-6-15-5-2-3-7-17(15)24/h2-3,5,7-9H,4,6,10-14H2,1H3. The Bertz CT molecular complexity index is 770. The molecule has 1 aromatic heterocycles. The van der Waals surface area contributed by atoms with E-state index in [2.05, 4.69) is 32.9 Å². The van der Waals surface area contributed by atoms with Crippen LogP contribution in [0.15, 0.2) is 36.5 Å². The quantitative estimate of drug-likeness (QED) is 0.837. The Morgan fingerprint density at radius 1 is 1.04 bits per heavy atom. The van der Waals surface area contributed by atoms with Gasteiger partial charge < -0.3 is 14.7 Å². The predicted octanol–water partition coefficient (Wildman–Crippen LogP) is 1.82. The fourth-order valence-electron chi connectivity index (χ4n) is 3.51. The maximum atomic E-state index is 13.1. The average molecular weight is 337 g/mol. The summed E-state index contributed by atoms with van der Waals surface area (Å²) in [6.45, 7) is 4.49. The number of rotatable bonds is 2. The van der Waals surface area contributed by atoms with Crippen molar-refractivity contribution in [3.63, 3.8) is 0 Å². The van der Waals surface area contributed by atoms with Gasteiger partial charge in [-0.05, 0) is 37.6 Å². The minimum atomic E-state index is -0.0371. The molecule has 0 bridgehead atoms. The number of hydrogen-bond acceptors (Lipinski definition) is 5. The van der Waals surface area contributed by atoms with E-state index in [1.165, 1.54) is 5.56 Å². The van der Waals surface area contributed by atoms with Crippen LogP contribution >= 0.6 is 0 Å². The molecule has 2 aliphatic heterocycles. The van der Waals surface area contributed by atoms with Gasteiger partial charge in [-0.2, -0.15) is 0 Å². The number of para-hydroxylation sites is 1. The zero-order chi connectivity index (χ0) is 17.2. The highest BCUT2D eigenvalue weighted by molar-refractivity contribution is 6.05. The molecule has 4 rings (SSSR count). The Labute approximate surface area is 148 Å². The van der Waals surface area contributed by atoms with Gasteiger partial charge in [0.05, 0.1) is 0 Å². The molecule has 0 N–H and O–H groups in total. The SMILES string of the molecule is CN1CCN(c2nccc(C(=O)N3CCCc4ccccc43)n2)CC1. The van der Waals surface area contributed by atoms with Crippen molar-refractivity contribution >= 4 is 17.5 Å². The molecule has 2 aromatic rings. The van der Waals surface area contributed by atoms with Gasteiger partial charge in [0.15, 0.2) is 0 Å². The van der Waals surface area contributed by atoms with E-state index in [1.807, 2.05) is 23.1 Å². The number of fused-ring (bicyclic) bond motifs is 1. The summed E-state index contributed by atoms with van der Waals surface area (Å²) < 4.78 is 0. The first-order valence-electron chi connectivity index (χ1n) is 8.89. The van der Waals surface area contributed by atoms with Gasteiger partial charge >= 0.3 is 0 Å². The van der Waals surface area contributed by atoms with Crippen molar-refractivity contribution in [1.29, 1.82) is 0 Å². The van der Waals surface area contributed by atoms with E-state index in [9.17, 15) is 4.79 Å². The summed E-state index contributed by atoms with van der Waals surface area (Å²) in [5, 5.41) is 0. The summed E-state index contributed by atoms with van der Waals surface area (Å²) in [7, 11) is 2.12. The maximum Gasteiger partial charge on any atom is 0.277 e. The van der Waals surface area contributed by atoms with E-state index in [0.29, 0.717) is 11.6 Å². The van der Waals surface area contributed by atoms with Crippen LogP contribution in [-0.2, 0) is 6.42 Å². The fourth-order valence-corrected chi connectivity index (χ4v) is 3.51. The number of piperazine rings is 1. The van der Waals surface area contributed by atoms with Crippen LogP contribution in [0.25, 0.3) is 0 Å². The van der Waals surface area contributed by atoms with Gasteiger partial charge in [0.1, 0.15) is 5.69 Å².